The van der Waals surface area contributed by atoms with Gasteiger partial charge in [0, 0.05) is 30.7 Å². The molecule has 168 valence electrons. The minimum atomic E-state index is -0.113. The number of carbonyl (C=O) groups excluding carboxylic acids is 1. The predicted molar refractivity (Wildman–Crippen MR) is 123 cm³/mol. The third-order valence-electron chi connectivity index (χ3n) is 7.01. The van der Waals surface area contributed by atoms with Crippen LogP contribution in [0.1, 0.15) is 64.9 Å². The van der Waals surface area contributed by atoms with E-state index in [1.165, 1.54) is 5.56 Å². The number of rotatable bonds is 6. The van der Waals surface area contributed by atoms with Crippen molar-refractivity contribution in [1.82, 2.24) is 30.3 Å². The number of hydrogen-bond donors (Lipinski definition) is 2. The number of nitrogens with zero attached hydrogens (tertiary/aromatic N) is 5. The largest absolute Gasteiger partial charge is 0.356 e. The molecular weight excluding hydrogens is 402 g/mol. The first-order valence-electron chi connectivity index (χ1n) is 11.5. The van der Waals surface area contributed by atoms with Crippen LogP contribution in [0.25, 0.3) is 0 Å². The van der Waals surface area contributed by atoms with Crippen molar-refractivity contribution in [3.8, 4) is 0 Å². The van der Waals surface area contributed by atoms with Crippen molar-refractivity contribution in [1.29, 1.82) is 0 Å². The van der Waals surface area contributed by atoms with Gasteiger partial charge in [-0.1, -0.05) is 19.9 Å². The van der Waals surface area contributed by atoms with Gasteiger partial charge < -0.3 is 10.2 Å². The average Bonchev–Trinajstić information content (AvgIpc) is 3.42. The topological polar surface area (TPSA) is 91.7 Å². The summed E-state index contributed by atoms with van der Waals surface area (Å²) in [4.78, 5) is 19.9. The molecular formula is C24H31N7O. The molecule has 1 fully saturated rings. The van der Waals surface area contributed by atoms with Gasteiger partial charge in [-0.05, 0) is 55.7 Å². The number of carbonyl (C=O) groups is 1. The molecule has 3 aromatic heterocycles. The van der Waals surface area contributed by atoms with Crippen LogP contribution in [-0.4, -0.2) is 44.0 Å². The van der Waals surface area contributed by atoms with Gasteiger partial charge in [0.2, 0.25) is 0 Å². The highest BCUT2D eigenvalue weighted by Gasteiger charge is 2.30. The van der Waals surface area contributed by atoms with E-state index in [1.807, 2.05) is 13.8 Å². The van der Waals surface area contributed by atoms with E-state index in [-0.39, 0.29) is 11.9 Å². The lowest BCUT2D eigenvalue weighted by Gasteiger charge is -2.42. The molecule has 3 aromatic rings. The van der Waals surface area contributed by atoms with Crippen LogP contribution in [0.15, 0.2) is 24.5 Å². The predicted octanol–water partition coefficient (Wildman–Crippen LogP) is 3.18. The maximum atomic E-state index is 12.8. The zero-order valence-electron chi connectivity index (χ0n) is 19.2. The summed E-state index contributed by atoms with van der Waals surface area (Å²) >= 11 is 0. The molecule has 0 spiro atoms. The van der Waals surface area contributed by atoms with E-state index < -0.39 is 0 Å². The van der Waals surface area contributed by atoms with Gasteiger partial charge in [-0.15, -0.1) is 0 Å². The second-order valence-corrected chi connectivity index (χ2v) is 9.53. The number of fused-ring (bicyclic) bond motifs is 1. The summed E-state index contributed by atoms with van der Waals surface area (Å²) in [5, 5.41) is 14.9. The number of aromatic nitrogens is 5. The Morgan fingerprint density at radius 2 is 2.09 bits per heavy atom. The van der Waals surface area contributed by atoms with Crippen molar-refractivity contribution < 1.29 is 4.79 Å². The molecule has 0 bridgehead atoms. The maximum absolute atomic E-state index is 12.8. The number of aromatic amines is 1. The van der Waals surface area contributed by atoms with Crippen LogP contribution in [0.4, 0.5) is 5.82 Å². The molecule has 0 aromatic carbocycles. The summed E-state index contributed by atoms with van der Waals surface area (Å²) in [6.45, 7) is 11.4. The fourth-order valence-electron chi connectivity index (χ4n) is 4.67. The second-order valence-electron chi connectivity index (χ2n) is 9.53. The Kier molecular flexibility index (Phi) is 5.23. The van der Waals surface area contributed by atoms with Gasteiger partial charge in [0.05, 0.1) is 30.0 Å². The highest BCUT2D eigenvalue weighted by atomic mass is 16.1. The molecule has 8 nitrogen and oxygen atoms in total. The molecule has 1 saturated heterocycles. The lowest BCUT2D eigenvalue weighted by Crippen LogP contribution is -2.49. The SMILES string of the molecule is Cc1nc(N2CC(C(C)C)C2)ccc1Cn1cc(C(=O)N[C@@H]2CCc3c2n[nH]c3C)cn1. The molecule has 1 aliphatic carbocycles. The van der Waals surface area contributed by atoms with E-state index in [0.29, 0.717) is 12.1 Å². The smallest absolute Gasteiger partial charge is 0.255 e. The average molecular weight is 434 g/mol. The van der Waals surface area contributed by atoms with E-state index in [4.69, 9.17) is 4.98 Å². The summed E-state index contributed by atoms with van der Waals surface area (Å²) in [7, 11) is 0. The lowest BCUT2D eigenvalue weighted by molar-refractivity contribution is 0.0936. The number of amides is 1. The van der Waals surface area contributed by atoms with Gasteiger partial charge in [-0.25, -0.2) is 4.98 Å². The number of hydrogen-bond acceptors (Lipinski definition) is 5. The first-order valence-corrected chi connectivity index (χ1v) is 11.5. The standard InChI is InChI=1S/C24H31N7O/c1-14(2)19-10-30(11-19)22-8-5-17(15(3)26-22)12-31-13-18(9-25-31)24(32)27-21-7-6-20-16(4)28-29-23(20)21/h5,8-9,13-14,19,21H,6-7,10-12H2,1-4H3,(H,27,32)(H,28,29)/t21-/m1/s1. The first-order chi connectivity index (χ1) is 15.4. The van der Waals surface area contributed by atoms with E-state index in [0.717, 1.165) is 66.2 Å². The number of aryl methyl sites for hydroxylation is 2. The summed E-state index contributed by atoms with van der Waals surface area (Å²) in [5.41, 5.74) is 5.96. The van der Waals surface area contributed by atoms with Gasteiger partial charge in [0.15, 0.2) is 0 Å². The van der Waals surface area contributed by atoms with Gasteiger partial charge in [-0.2, -0.15) is 10.2 Å². The third-order valence-corrected chi connectivity index (χ3v) is 7.01. The summed E-state index contributed by atoms with van der Waals surface area (Å²) < 4.78 is 1.80. The van der Waals surface area contributed by atoms with E-state index in [1.54, 1.807) is 17.1 Å². The zero-order chi connectivity index (χ0) is 22.4. The van der Waals surface area contributed by atoms with Crippen LogP contribution in [0, 0.1) is 25.7 Å². The molecule has 1 amide bonds. The fraction of sp³-hybridized carbons (Fsp3) is 0.500. The molecule has 2 aliphatic rings. The summed E-state index contributed by atoms with van der Waals surface area (Å²) in [6, 6.07) is 4.18. The Morgan fingerprint density at radius 1 is 1.28 bits per heavy atom. The van der Waals surface area contributed by atoms with E-state index in [2.05, 4.69) is 51.5 Å². The van der Waals surface area contributed by atoms with Crippen LogP contribution in [-0.2, 0) is 13.0 Å². The van der Waals surface area contributed by atoms with Crippen molar-refractivity contribution in [2.24, 2.45) is 11.8 Å². The monoisotopic (exact) mass is 433 g/mol. The highest BCUT2D eigenvalue weighted by molar-refractivity contribution is 5.94. The molecule has 4 heterocycles. The minimum absolute atomic E-state index is 0.0402. The third kappa shape index (κ3) is 3.78. The molecule has 8 heteroatoms. The Balaban J connectivity index is 1.21. The quantitative estimate of drug-likeness (QED) is 0.623. The van der Waals surface area contributed by atoms with Gasteiger partial charge in [0.25, 0.3) is 5.91 Å². The fourth-order valence-corrected chi connectivity index (χ4v) is 4.67. The summed E-state index contributed by atoms with van der Waals surface area (Å²) in [5.74, 6) is 2.42. The van der Waals surface area contributed by atoms with Crippen molar-refractivity contribution in [2.75, 3.05) is 18.0 Å². The van der Waals surface area contributed by atoms with E-state index in [9.17, 15) is 4.79 Å². The first kappa shape index (κ1) is 20.7. The van der Waals surface area contributed by atoms with Gasteiger partial charge in [0.1, 0.15) is 5.82 Å². The number of pyridine rings is 1. The van der Waals surface area contributed by atoms with Crippen LogP contribution in [0.2, 0.25) is 0 Å². The van der Waals surface area contributed by atoms with Crippen molar-refractivity contribution in [3.05, 3.63) is 58.3 Å². The molecule has 32 heavy (non-hydrogen) atoms. The van der Waals surface area contributed by atoms with Crippen LogP contribution in [0.5, 0.6) is 0 Å². The Hall–Kier alpha value is -3.16. The van der Waals surface area contributed by atoms with Gasteiger partial charge in [-0.3, -0.25) is 14.6 Å². The molecule has 1 atom stereocenters. The lowest BCUT2D eigenvalue weighted by atomic mass is 9.88. The summed E-state index contributed by atoms with van der Waals surface area (Å²) in [6.07, 6.45) is 5.26. The number of H-pyrrole nitrogens is 1. The van der Waals surface area contributed by atoms with Crippen LogP contribution in [0.3, 0.4) is 0 Å². The Labute approximate surface area is 188 Å². The Morgan fingerprint density at radius 3 is 2.84 bits per heavy atom. The van der Waals surface area contributed by atoms with Crippen LogP contribution < -0.4 is 10.2 Å². The Bertz CT molecular complexity index is 1140. The van der Waals surface area contributed by atoms with Gasteiger partial charge >= 0.3 is 0 Å². The molecule has 0 radical (unpaired) electrons. The maximum Gasteiger partial charge on any atom is 0.255 e. The normalized spacial score (nSPS) is 18.2. The number of anilines is 1. The molecule has 0 unspecified atom stereocenters. The molecule has 1 aliphatic heterocycles. The molecule has 5 rings (SSSR count). The number of nitrogens with one attached hydrogen (secondary N) is 2. The highest BCUT2D eigenvalue weighted by Crippen LogP contribution is 2.31. The van der Waals surface area contributed by atoms with Crippen molar-refractivity contribution >= 4 is 11.7 Å². The van der Waals surface area contributed by atoms with Crippen LogP contribution >= 0.6 is 0 Å². The zero-order valence-corrected chi connectivity index (χ0v) is 19.2. The van der Waals surface area contributed by atoms with E-state index >= 15 is 0 Å². The van der Waals surface area contributed by atoms with Crippen molar-refractivity contribution in [2.45, 2.75) is 53.1 Å². The molecule has 0 saturated carbocycles. The molecule has 2 N–H and O–H groups in total. The minimum Gasteiger partial charge on any atom is -0.356 e. The second kappa shape index (κ2) is 8.07. The van der Waals surface area contributed by atoms with Crippen molar-refractivity contribution in [3.63, 3.8) is 0 Å².